The molecule has 1 heterocycles. The molecule has 3 rings (SSSR count). The first-order valence-corrected chi connectivity index (χ1v) is 7.06. The fourth-order valence-electron chi connectivity index (χ4n) is 2.79. The van der Waals surface area contributed by atoms with Gasteiger partial charge in [0.2, 0.25) is 0 Å². The second-order valence-electron chi connectivity index (χ2n) is 4.99. The van der Waals surface area contributed by atoms with Crippen molar-refractivity contribution >= 4 is 10.8 Å². The first kappa shape index (κ1) is 12.9. The van der Waals surface area contributed by atoms with Crippen LogP contribution in [0, 0.1) is 6.92 Å². The summed E-state index contributed by atoms with van der Waals surface area (Å²) >= 11 is 0. The molecule has 1 atom stereocenters. The Morgan fingerprint density at radius 2 is 1.80 bits per heavy atom. The molecule has 0 amide bonds. The summed E-state index contributed by atoms with van der Waals surface area (Å²) in [7, 11) is 0. The van der Waals surface area contributed by atoms with Gasteiger partial charge >= 0.3 is 0 Å². The van der Waals surface area contributed by atoms with Gasteiger partial charge in [0.05, 0.1) is 12.3 Å². The smallest absolute Gasteiger partial charge is 0.105 e. The molecule has 3 aromatic rings. The highest BCUT2D eigenvalue weighted by Gasteiger charge is 2.18. The van der Waals surface area contributed by atoms with Gasteiger partial charge in [0.1, 0.15) is 5.76 Å². The highest BCUT2D eigenvalue weighted by Crippen LogP contribution is 2.30. The Morgan fingerprint density at radius 3 is 2.55 bits per heavy atom. The second kappa shape index (κ2) is 5.51. The lowest BCUT2D eigenvalue weighted by atomic mass is 9.94. The third-order valence-electron chi connectivity index (χ3n) is 3.75. The quantitative estimate of drug-likeness (QED) is 0.754. The molecule has 2 aromatic carbocycles. The zero-order chi connectivity index (χ0) is 13.9. The van der Waals surface area contributed by atoms with Gasteiger partial charge in [-0.25, -0.2) is 0 Å². The lowest BCUT2D eigenvalue weighted by Gasteiger charge is -2.20. The number of hydrogen-bond acceptors (Lipinski definition) is 2. The maximum atomic E-state index is 5.49. The van der Waals surface area contributed by atoms with E-state index < -0.39 is 0 Å². The molecular weight excluding hydrogens is 246 g/mol. The molecular formula is C18H19NO. The predicted octanol–water partition coefficient (Wildman–Crippen LogP) is 4.44. The molecule has 0 saturated heterocycles. The Balaban J connectivity index is 2.17. The third kappa shape index (κ3) is 2.23. The van der Waals surface area contributed by atoms with Crippen molar-refractivity contribution in [2.75, 3.05) is 6.54 Å². The fraction of sp³-hybridized carbons (Fsp3) is 0.222. The van der Waals surface area contributed by atoms with Crippen LogP contribution >= 0.6 is 0 Å². The minimum atomic E-state index is 0.171. The van der Waals surface area contributed by atoms with Gasteiger partial charge in [-0.1, -0.05) is 49.4 Å². The molecule has 2 nitrogen and oxygen atoms in total. The molecule has 0 bridgehead atoms. The number of fused-ring (bicyclic) bond motifs is 1. The van der Waals surface area contributed by atoms with Gasteiger partial charge in [-0.2, -0.15) is 0 Å². The summed E-state index contributed by atoms with van der Waals surface area (Å²) < 4.78 is 5.49. The first-order chi connectivity index (χ1) is 9.81. The van der Waals surface area contributed by atoms with Crippen molar-refractivity contribution in [2.24, 2.45) is 0 Å². The SMILES string of the molecule is CCNC(c1ccoc1C)c1cccc2ccccc12. The highest BCUT2D eigenvalue weighted by atomic mass is 16.3. The molecule has 20 heavy (non-hydrogen) atoms. The topological polar surface area (TPSA) is 25.2 Å². The van der Waals surface area contributed by atoms with Crippen LogP contribution in [0.5, 0.6) is 0 Å². The Morgan fingerprint density at radius 1 is 1.00 bits per heavy atom. The average Bonchev–Trinajstić information content (AvgIpc) is 2.90. The van der Waals surface area contributed by atoms with E-state index in [1.54, 1.807) is 6.26 Å². The average molecular weight is 265 g/mol. The van der Waals surface area contributed by atoms with Crippen LogP contribution in [0.1, 0.15) is 29.9 Å². The zero-order valence-electron chi connectivity index (χ0n) is 11.9. The largest absolute Gasteiger partial charge is 0.469 e. The van der Waals surface area contributed by atoms with Crippen LogP contribution in [0.2, 0.25) is 0 Å². The molecule has 0 saturated carbocycles. The molecule has 1 aromatic heterocycles. The van der Waals surface area contributed by atoms with Crippen LogP contribution in [-0.4, -0.2) is 6.54 Å². The van der Waals surface area contributed by atoms with Crippen molar-refractivity contribution < 1.29 is 4.42 Å². The Hall–Kier alpha value is -2.06. The summed E-state index contributed by atoms with van der Waals surface area (Å²) in [6.45, 7) is 5.07. The van der Waals surface area contributed by atoms with Gasteiger partial charge in [-0.15, -0.1) is 0 Å². The van der Waals surface area contributed by atoms with Crippen LogP contribution in [0.4, 0.5) is 0 Å². The van der Waals surface area contributed by atoms with E-state index in [0.29, 0.717) is 0 Å². The van der Waals surface area contributed by atoms with Crippen LogP contribution < -0.4 is 5.32 Å². The molecule has 0 radical (unpaired) electrons. The van der Waals surface area contributed by atoms with Gasteiger partial charge in [0, 0.05) is 5.56 Å². The summed E-state index contributed by atoms with van der Waals surface area (Å²) in [4.78, 5) is 0. The fourth-order valence-corrected chi connectivity index (χ4v) is 2.79. The van der Waals surface area contributed by atoms with Crippen molar-refractivity contribution in [2.45, 2.75) is 19.9 Å². The maximum absolute atomic E-state index is 5.49. The number of nitrogens with one attached hydrogen (secondary N) is 1. The van der Waals surface area contributed by atoms with E-state index in [1.807, 2.05) is 6.92 Å². The summed E-state index contributed by atoms with van der Waals surface area (Å²) in [5.41, 5.74) is 2.51. The molecule has 0 aliphatic carbocycles. The zero-order valence-corrected chi connectivity index (χ0v) is 11.9. The monoisotopic (exact) mass is 265 g/mol. The minimum Gasteiger partial charge on any atom is -0.469 e. The Labute approximate surface area is 119 Å². The van der Waals surface area contributed by atoms with Crippen molar-refractivity contribution in [1.29, 1.82) is 0 Å². The molecule has 1 unspecified atom stereocenters. The molecule has 0 fully saturated rings. The molecule has 0 aliphatic heterocycles. The maximum Gasteiger partial charge on any atom is 0.105 e. The summed E-state index contributed by atoms with van der Waals surface area (Å²) in [5, 5.41) is 6.14. The number of hydrogen-bond donors (Lipinski definition) is 1. The first-order valence-electron chi connectivity index (χ1n) is 7.06. The Kier molecular flexibility index (Phi) is 3.57. The lowest BCUT2D eigenvalue weighted by molar-refractivity contribution is 0.520. The van der Waals surface area contributed by atoms with Crippen LogP contribution in [0.15, 0.2) is 59.2 Å². The standard InChI is InChI=1S/C18H19NO/c1-3-19-18(15-11-12-20-13(15)2)17-10-6-8-14-7-4-5-9-16(14)17/h4-12,18-19H,3H2,1-2H3. The van der Waals surface area contributed by atoms with Gasteiger partial charge in [0.25, 0.3) is 0 Å². The molecule has 0 aliphatic rings. The normalized spacial score (nSPS) is 12.7. The predicted molar refractivity (Wildman–Crippen MR) is 82.9 cm³/mol. The molecule has 1 N–H and O–H groups in total. The lowest BCUT2D eigenvalue weighted by Crippen LogP contribution is -2.22. The van der Waals surface area contributed by atoms with Gasteiger partial charge < -0.3 is 9.73 Å². The van der Waals surface area contributed by atoms with Crippen molar-refractivity contribution in [3.63, 3.8) is 0 Å². The van der Waals surface area contributed by atoms with E-state index in [1.165, 1.54) is 21.9 Å². The molecule has 102 valence electrons. The van der Waals surface area contributed by atoms with Gasteiger partial charge in [0.15, 0.2) is 0 Å². The highest BCUT2D eigenvalue weighted by molar-refractivity contribution is 5.86. The van der Waals surface area contributed by atoms with Gasteiger partial charge in [-0.05, 0) is 35.9 Å². The summed E-state index contributed by atoms with van der Waals surface area (Å²) in [6.07, 6.45) is 1.76. The molecule has 0 spiro atoms. The van der Waals surface area contributed by atoms with E-state index in [-0.39, 0.29) is 6.04 Å². The number of furan rings is 1. The van der Waals surface area contributed by atoms with Crippen LogP contribution in [0.3, 0.4) is 0 Å². The third-order valence-corrected chi connectivity index (χ3v) is 3.75. The minimum absolute atomic E-state index is 0.171. The summed E-state index contributed by atoms with van der Waals surface area (Å²) in [6, 6.07) is 17.2. The molecule has 2 heteroatoms. The summed E-state index contributed by atoms with van der Waals surface area (Å²) in [5.74, 6) is 0.976. The van der Waals surface area contributed by atoms with E-state index in [9.17, 15) is 0 Å². The van der Waals surface area contributed by atoms with E-state index in [2.05, 4.69) is 60.8 Å². The number of aryl methyl sites for hydroxylation is 1. The number of rotatable bonds is 4. The van der Waals surface area contributed by atoms with Crippen molar-refractivity contribution in [3.05, 3.63) is 71.7 Å². The van der Waals surface area contributed by atoms with E-state index >= 15 is 0 Å². The van der Waals surface area contributed by atoms with Crippen molar-refractivity contribution in [3.8, 4) is 0 Å². The van der Waals surface area contributed by atoms with Crippen molar-refractivity contribution in [1.82, 2.24) is 5.32 Å². The second-order valence-corrected chi connectivity index (χ2v) is 4.99. The van der Waals surface area contributed by atoms with E-state index in [0.717, 1.165) is 12.3 Å². The van der Waals surface area contributed by atoms with Crippen LogP contribution in [-0.2, 0) is 0 Å². The number of benzene rings is 2. The van der Waals surface area contributed by atoms with Crippen LogP contribution in [0.25, 0.3) is 10.8 Å². The van der Waals surface area contributed by atoms with Gasteiger partial charge in [-0.3, -0.25) is 0 Å². The van der Waals surface area contributed by atoms with E-state index in [4.69, 9.17) is 4.42 Å². The Bertz CT molecular complexity index is 709.